The van der Waals surface area contributed by atoms with E-state index in [9.17, 15) is 18.8 Å². The summed E-state index contributed by atoms with van der Waals surface area (Å²) in [6, 6.07) is 18.2. The molecule has 2 aromatic carbocycles. The molecule has 2 N–H and O–H groups in total. The monoisotopic (exact) mass is 514 g/mol. The molecule has 10 heteroatoms. The Hall–Kier alpha value is -4.99. The molecule has 38 heavy (non-hydrogen) atoms. The Morgan fingerprint density at radius 2 is 1.82 bits per heavy atom. The lowest BCUT2D eigenvalue weighted by atomic mass is 10.00. The summed E-state index contributed by atoms with van der Waals surface area (Å²) in [4.78, 5) is 43.9. The SMILES string of the molecule is O=C(Nc1ccc([C@@H]2OC(=O)N(Cc3cccc(F)c3)[C@@H]2C(=O)NCc2cccnc2)cc1)c1ccco1. The van der Waals surface area contributed by atoms with E-state index >= 15 is 0 Å². The van der Waals surface area contributed by atoms with Crippen molar-refractivity contribution in [3.05, 3.63) is 120 Å². The van der Waals surface area contributed by atoms with Crippen molar-refractivity contribution in [2.75, 3.05) is 5.32 Å². The number of amides is 3. The van der Waals surface area contributed by atoms with Crippen molar-refractivity contribution in [1.29, 1.82) is 0 Å². The summed E-state index contributed by atoms with van der Waals surface area (Å²) < 4.78 is 24.6. The average Bonchev–Trinajstić information content (AvgIpc) is 3.57. The van der Waals surface area contributed by atoms with Gasteiger partial charge in [0.15, 0.2) is 17.9 Å². The van der Waals surface area contributed by atoms with E-state index in [0.717, 1.165) is 5.56 Å². The molecule has 1 aliphatic heterocycles. The van der Waals surface area contributed by atoms with Crippen LogP contribution in [0.2, 0.25) is 0 Å². The van der Waals surface area contributed by atoms with Gasteiger partial charge in [0, 0.05) is 24.6 Å². The largest absolute Gasteiger partial charge is 0.459 e. The molecule has 1 fully saturated rings. The maximum atomic E-state index is 13.8. The number of hydrogen-bond donors (Lipinski definition) is 2. The number of pyridine rings is 1. The molecule has 0 spiro atoms. The standard InChI is InChI=1S/C28H23FN4O5/c29-21-6-1-4-18(14-21)17-33-24(27(35)31-16-19-5-2-12-30-15-19)25(38-28(33)36)20-8-10-22(11-9-20)32-26(34)23-7-3-13-37-23/h1-15,24-25H,16-17H2,(H,31,35)(H,32,34)/t24-,25-/m0/s1. The Morgan fingerprint density at radius 3 is 2.53 bits per heavy atom. The molecule has 192 valence electrons. The van der Waals surface area contributed by atoms with Crippen LogP contribution in [-0.2, 0) is 22.6 Å². The summed E-state index contributed by atoms with van der Waals surface area (Å²) in [5, 5.41) is 5.57. The summed E-state index contributed by atoms with van der Waals surface area (Å²) in [6.07, 6.45) is 3.04. The minimum Gasteiger partial charge on any atom is -0.459 e. The quantitative estimate of drug-likeness (QED) is 0.359. The fourth-order valence-electron chi connectivity index (χ4n) is 4.20. The minimum absolute atomic E-state index is 0.0185. The third-order valence-corrected chi connectivity index (χ3v) is 6.03. The fourth-order valence-corrected chi connectivity index (χ4v) is 4.20. The topological polar surface area (TPSA) is 114 Å². The van der Waals surface area contributed by atoms with E-state index in [1.54, 1.807) is 60.9 Å². The van der Waals surface area contributed by atoms with E-state index < -0.39 is 35.9 Å². The number of carbonyl (C=O) groups is 3. The first-order chi connectivity index (χ1) is 18.5. The van der Waals surface area contributed by atoms with Crippen LogP contribution in [0.4, 0.5) is 14.9 Å². The van der Waals surface area contributed by atoms with Crippen LogP contribution >= 0.6 is 0 Å². The smallest absolute Gasteiger partial charge is 0.411 e. The van der Waals surface area contributed by atoms with Gasteiger partial charge in [-0.05, 0) is 59.2 Å². The zero-order valence-electron chi connectivity index (χ0n) is 20.0. The van der Waals surface area contributed by atoms with Gasteiger partial charge in [-0.15, -0.1) is 0 Å². The summed E-state index contributed by atoms with van der Waals surface area (Å²) in [5.74, 6) is -1.13. The van der Waals surface area contributed by atoms with Crippen LogP contribution in [0, 0.1) is 5.82 Å². The number of nitrogens with one attached hydrogen (secondary N) is 2. The summed E-state index contributed by atoms with van der Waals surface area (Å²) >= 11 is 0. The molecule has 0 radical (unpaired) electrons. The highest BCUT2D eigenvalue weighted by atomic mass is 19.1. The Balaban J connectivity index is 1.37. The molecular weight excluding hydrogens is 491 g/mol. The molecule has 0 saturated carbocycles. The molecule has 1 aliphatic rings. The number of aromatic nitrogens is 1. The first kappa shape index (κ1) is 24.7. The van der Waals surface area contributed by atoms with Crippen LogP contribution in [0.1, 0.15) is 33.3 Å². The second-order valence-corrected chi connectivity index (χ2v) is 8.64. The molecule has 3 heterocycles. The van der Waals surface area contributed by atoms with Gasteiger partial charge in [0.1, 0.15) is 5.82 Å². The van der Waals surface area contributed by atoms with E-state index in [-0.39, 0.29) is 18.8 Å². The van der Waals surface area contributed by atoms with E-state index in [1.165, 1.54) is 29.4 Å². The molecule has 0 bridgehead atoms. The lowest BCUT2D eigenvalue weighted by Crippen LogP contribution is -2.46. The van der Waals surface area contributed by atoms with Crippen molar-refractivity contribution in [3.8, 4) is 0 Å². The van der Waals surface area contributed by atoms with Crippen LogP contribution < -0.4 is 10.6 Å². The van der Waals surface area contributed by atoms with E-state index in [2.05, 4.69) is 15.6 Å². The fraction of sp³-hybridized carbons (Fsp3) is 0.143. The molecule has 1 saturated heterocycles. The second-order valence-electron chi connectivity index (χ2n) is 8.64. The summed E-state index contributed by atoms with van der Waals surface area (Å²) in [7, 11) is 0. The van der Waals surface area contributed by atoms with Gasteiger partial charge in [-0.25, -0.2) is 9.18 Å². The predicted molar refractivity (Wildman–Crippen MR) is 134 cm³/mol. The molecule has 4 aromatic rings. The van der Waals surface area contributed by atoms with Crippen molar-refractivity contribution < 1.29 is 27.9 Å². The molecule has 3 amide bonds. The van der Waals surface area contributed by atoms with Gasteiger partial charge in [-0.2, -0.15) is 0 Å². The van der Waals surface area contributed by atoms with Gasteiger partial charge < -0.3 is 19.8 Å². The van der Waals surface area contributed by atoms with E-state index in [4.69, 9.17) is 9.15 Å². The first-order valence-corrected chi connectivity index (χ1v) is 11.8. The zero-order valence-corrected chi connectivity index (χ0v) is 20.0. The number of halogens is 1. The second kappa shape index (κ2) is 11.0. The summed E-state index contributed by atoms with van der Waals surface area (Å²) in [5.41, 5.74) is 2.35. The molecule has 2 aromatic heterocycles. The highest BCUT2D eigenvalue weighted by Gasteiger charge is 2.47. The molecule has 0 unspecified atom stereocenters. The Bertz CT molecular complexity index is 1430. The van der Waals surface area contributed by atoms with Gasteiger partial charge in [0.25, 0.3) is 5.91 Å². The van der Waals surface area contributed by atoms with E-state index in [1.807, 2.05) is 6.07 Å². The molecule has 2 atom stereocenters. The number of cyclic esters (lactones) is 1. The highest BCUT2D eigenvalue weighted by molar-refractivity contribution is 6.02. The molecule has 9 nitrogen and oxygen atoms in total. The number of furan rings is 1. The highest BCUT2D eigenvalue weighted by Crippen LogP contribution is 2.34. The Kier molecular flexibility index (Phi) is 7.12. The maximum Gasteiger partial charge on any atom is 0.411 e. The van der Waals surface area contributed by atoms with Crippen LogP contribution in [-0.4, -0.2) is 33.8 Å². The molecule has 0 aliphatic carbocycles. The number of hydrogen-bond acceptors (Lipinski definition) is 6. The number of ether oxygens (including phenoxy) is 1. The first-order valence-electron chi connectivity index (χ1n) is 11.8. The lowest BCUT2D eigenvalue weighted by molar-refractivity contribution is -0.126. The van der Waals surface area contributed by atoms with Crippen molar-refractivity contribution in [2.24, 2.45) is 0 Å². The van der Waals surface area contributed by atoms with Gasteiger partial charge in [0.2, 0.25) is 5.91 Å². The zero-order chi connectivity index (χ0) is 26.5. The van der Waals surface area contributed by atoms with Crippen LogP contribution in [0.3, 0.4) is 0 Å². The Labute approximate surface area is 217 Å². The third-order valence-electron chi connectivity index (χ3n) is 6.03. The van der Waals surface area contributed by atoms with Crippen LogP contribution in [0.25, 0.3) is 0 Å². The van der Waals surface area contributed by atoms with Crippen LogP contribution in [0.15, 0.2) is 95.9 Å². The number of rotatable bonds is 8. The normalized spacial score (nSPS) is 16.7. The number of nitrogens with zero attached hydrogens (tertiary/aromatic N) is 2. The van der Waals surface area contributed by atoms with Crippen molar-refractivity contribution >= 4 is 23.6 Å². The van der Waals surface area contributed by atoms with Crippen molar-refractivity contribution in [3.63, 3.8) is 0 Å². The molecular formula is C28H23FN4O5. The van der Waals surface area contributed by atoms with E-state index in [0.29, 0.717) is 16.8 Å². The third kappa shape index (κ3) is 5.54. The van der Waals surface area contributed by atoms with Crippen LogP contribution in [0.5, 0.6) is 0 Å². The lowest BCUT2D eigenvalue weighted by Gasteiger charge is -2.24. The van der Waals surface area contributed by atoms with Gasteiger partial charge in [-0.3, -0.25) is 19.5 Å². The van der Waals surface area contributed by atoms with Gasteiger partial charge >= 0.3 is 6.09 Å². The number of carbonyl (C=O) groups excluding carboxylic acids is 3. The molecule has 5 rings (SSSR count). The maximum absolute atomic E-state index is 13.8. The van der Waals surface area contributed by atoms with Crippen molar-refractivity contribution in [1.82, 2.24) is 15.2 Å². The van der Waals surface area contributed by atoms with Crippen molar-refractivity contribution in [2.45, 2.75) is 25.2 Å². The average molecular weight is 515 g/mol. The Morgan fingerprint density at radius 1 is 1.00 bits per heavy atom. The van der Waals surface area contributed by atoms with Gasteiger partial charge in [-0.1, -0.05) is 30.3 Å². The minimum atomic E-state index is -1.02. The number of benzene rings is 2. The summed E-state index contributed by atoms with van der Waals surface area (Å²) in [6.45, 7) is 0.186. The van der Waals surface area contributed by atoms with Gasteiger partial charge in [0.05, 0.1) is 12.8 Å². The number of anilines is 1. The predicted octanol–water partition coefficient (Wildman–Crippen LogP) is 4.44.